The molecular formula is C24H23FN2O2. The van der Waals surface area contributed by atoms with Gasteiger partial charge in [0.25, 0.3) is 5.91 Å². The monoisotopic (exact) mass is 390 g/mol. The lowest BCUT2D eigenvalue weighted by Crippen LogP contribution is -2.22. The summed E-state index contributed by atoms with van der Waals surface area (Å²) in [5.41, 5.74) is 4.37. The van der Waals surface area contributed by atoms with Crippen molar-refractivity contribution in [1.29, 1.82) is 0 Å². The van der Waals surface area contributed by atoms with Gasteiger partial charge in [-0.25, -0.2) is 4.39 Å². The molecule has 2 heterocycles. The van der Waals surface area contributed by atoms with Gasteiger partial charge in [-0.1, -0.05) is 18.2 Å². The molecule has 29 heavy (non-hydrogen) atoms. The highest BCUT2D eigenvalue weighted by Gasteiger charge is 2.15. The molecule has 0 fully saturated rings. The van der Waals surface area contributed by atoms with Gasteiger partial charge in [0.15, 0.2) is 0 Å². The first-order valence-corrected chi connectivity index (χ1v) is 9.60. The molecule has 2 aromatic heterocycles. The number of furan rings is 1. The van der Waals surface area contributed by atoms with Crippen molar-refractivity contribution < 1.29 is 13.6 Å². The van der Waals surface area contributed by atoms with E-state index < -0.39 is 0 Å². The summed E-state index contributed by atoms with van der Waals surface area (Å²) in [6.07, 6.45) is 0. The number of carbonyl (C=O) groups excluding carboxylic acids is 1. The molecule has 0 aliphatic heterocycles. The number of amides is 1. The van der Waals surface area contributed by atoms with Crippen molar-refractivity contribution in [3.8, 4) is 0 Å². The zero-order chi connectivity index (χ0) is 20.5. The summed E-state index contributed by atoms with van der Waals surface area (Å²) in [6.45, 7) is 6.72. The predicted octanol–water partition coefficient (Wildman–Crippen LogP) is 5.28. The average molecular weight is 390 g/mol. The predicted molar refractivity (Wildman–Crippen MR) is 112 cm³/mol. The third-order valence-corrected chi connectivity index (χ3v) is 5.41. The Labute approximate surface area is 169 Å². The van der Waals surface area contributed by atoms with Gasteiger partial charge in [-0.05, 0) is 62.7 Å². The van der Waals surface area contributed by atoms with Crippen molar-refractivity contribution in [2.45, 2.75) is 33.9 Å². The smallest absolute Gasteiger partial charge is 0.251 e. The van der Waals surface area contributed by atoms with E-state index in [9.17, 15) is 9.18 Å². The van der Waals surface area contributed by atoms with E-state index in [0.717, 1.165) is 33.7 Å². The molecule has 1 N–H and O–H groups in total. The maximum absolute atomic E-state index is 14.1. The lowest BCUT2D eigenvalue weighted by atomic mass is 10.1. The van der Waals surface area contributed by atoms with Crippen molar-refractivity contribution in [2.75, 3.05) is 0 Å². The first kappa shape index (κ1) is 19.0. The molecule has 0 unspecified atom stereocenters. The molecule has 148 valence electrons. The van der Waals surface area contributed by atoms with Crippen LogP contribution in [-0.4, -0.2) is 10.5 Å². The zero-order valence-electron chi connectivity index (χ0n) is 16.8. The number of hydrogen-bond donors (Lipinski definition) is 1. The normalized spacial score (nSPS) is 11.2. The highest BCUT2D eigenvalue weighted by atomic mass is 19.1. The van der Waals surface area contributed by atoms with E-state index in [-0.39, 0.29) is 11.7 Å². The van der Waals surface area contributed by atoms with Crippen molar-refractivity contribution in [3.63, 3.8) is 0 Å². The molecule has 0 aliphatic rings. The van der Waals surface area contributed by atoms with Crippen LogP contribution in [0.5, 0.6) is 0 Å². The Morgan fingerprint density at radius 3 is 2.59 bits per heavy atom. The second kappa shape index (κ2) is 7.59. The summed E-state index contributed by atoms with van der Waals surface area (Å²) in [5, 5.41) is 3.89. The fourth-order valence-corrected chi connectivity index (χ4v) is 3.64. The first-order valence-electron chi connectivity index (χ1n) is 9.60. The first-order chi connectivity index (χ1) is 13.9. The fraction of sp³-hybridized carbons (Fsp3) is 0.208. The molecule has 4 nitrogen and oxygen atoms in total. The molecule has 0 spiro atoms. The Morgan fingerprint density at radius 1 is 1.07 bits per heavy atom. The summed E-state index contributed by atoms with van der Waals surface area (Å²) in [5.74, 6) is 1.17. The van der Waals surface area contributed by atoms with Crippen LogP contribution in [0.1, 0.15) is 38.7 Å². The van der Waals surface area contributed by atoms with Gasteiger partial charge in [-0.2, -0.15) is 0 Å². The van der Waals surface area contributed by atoms with Gasteiger partial charge in [0.1, 0.15) is 17.3 Å². The molecule has 0 radical (unpaired) electrons. The number of carbonyl (C=O) groups is 1. The molecular weight excluding hydrogens is 367 g/mol. The van der Waals surface area contributed by atoms with Gasteiger partial charge in [0.05, 0.1) is 13.1 Å². The van der Waals surface area contributed by atoms with Crippen LogP contribution in [0.2, 0.25) is 0 Å². The van der Waals surface area contributed by atoms with Crippen LogP contribution < -0.4 is 5.32 Å². The van der Waals surface area contributed by atoms with E-state index in [4.69, 9.17) is 4.42 Å². The number of aromatic nitrogens is 1. The average Bonchev–Trinajstić information content (AvgIpc) is 3.24. The Kier molecular flexibility index (Phi) is 4.97. The van der Waals surface area contributed by atoms with E-state index in [1.807, 2.05) is 57.2 Å². The second-order valence-electron chi connectivity index (χ2n) is 7.31. The number of hydrogen-bond acceptors (Lipinski definition) is 2. The Bertz CT molecular complexity index is 1200. The molecule has 0 atom stereocenters. The van der Waals surface area contributed by atoms with E-state index in [0.29, 0.717) is 24.2 Å². The highest BCUT2D eigenvalue weighted by Crippen LogP contribution is 2.27. The highest BCUT2D eigenvalue weighted by molar-refractivity contribution is 5.99. The van der Waals surface area contributed by atoms with Gasteiger partial charge in [-0.3, -0.25) is 4.79 Å². The SMILES string of the molecule is Cc1ccc(CNC(=O)c2ccc3c(c2)c(C)c(C)n3Cc2ccccc2F)o1. The van der Waals surface area contributed by atoms with Crippen molar-refractivity contribution in [2.24, 2.45) is 0 Å². The largest absolute Gasteiger partial charge is 0.465 e. The number of fused-ring (bicyclic) bond motifs is 1. The third-order valence-electron chi connectivity index (χ3n) is 5.41. The van der Waals surface area contributed by atoms with Crippen LogP contribution in [0.25, 0.3) is 10.9 Å². The minimum Gasteiger partial charge on any atom is -0.465 e. The van der Waals surface area contributed by atoms with Crippen LogP contribution in [-0.2, 0) is 13.1 Å². The lowest BCUT2D eigenvalue weighted by Gasteiger charge is -2.10. The summed E-state index contributed by atoms with van der Waals surface area (Å²) < 4.78 is 21.7. The van der Waals surface area contributed by atoms with Crippen molar-refractivity contribution in [1.82, 2.24) is 9.88 Å². The van der Waals surface area contributed by atoms with Gasteiger partial charge in [0, 0.05) is 27.7 Å². The van der Waals surface area contributed by atoms with Gasteiger partial charge in [-0.15, -0.1) is 0 Å². The Balaban J connectivity index is 1.62. The van der Waals surface area contributed by atoms with Crippen LogP contribution in [0.3, 0.4) is 0 Å². The van der Waals surface area contributed by atoms with Crippen LogP contribution in [0, 0.1) is 26.6 Å². The van der Waals surface area contributed by atoms with Crippen LogP contribution in [0.4, 0.5) is 4.39 Å². The van der Waals surface area contributed by atoms with Gasteiger partial charge in [0.2, 0.25) is 0 Å². The van der Waals surface area contributed by atoms with Crippen LogP contribution >= 0.6 is 0 Å². The van der Waals surface area contributed by atoms with Crippen molar-refractivity contribution >= 4 is 16.8 Å². The van der Waals surface area contributed by atoms with E-state index >= 15 is 0 Å². The number of aryl methyl sites for hydroxylation is 2. The number of rotatable bonds is 5. The van der Waals surface area contributed by atoms with E-state index in [2.05, 4.69) is 9.88 Å². The Morgan fingerprint density at radius 2 is 1.86 bits per heavy atom. The van der Waals surface area contributed by atoms with Gasteiger partial charge >= 0.3 is 0 Å². The molecule has 2 aromatic carbocycles. The molecule has 0 bridgehead atoms. The fourth-order valence-electron chi connectivity index (χ4n) is 3.64. The molecule has 4 aromatic rings. The number of nitrogens with zero attached hydrogens (tertiary/aromatic N) is 1. The minimum absolute atomic E-state index is 0.153. The Hall–Kier alpha value is -3.34. The number of benzene rings is 2. The molecule has 4 rings (SSSR count). The summed E-state index contributed by atoms with van der Waals surface area (Å²) in [4.78, 5) is 12.6. The zero-order valence-corrected chi connectivity index (χ0v) is 16.8. The molecule has 0 saturated carbocycles. The van der Waals surface area contributed by atoms with E-state index in [1.165, 1.54) is 6.07 Å². The lowest BCUT2D eigenvalue weighted by molar-refractivity contribution is 0.0948. The standard InChI is InChI=1S/C24H23FN2O2/c1-15-8-10-20(29-15)13-26-24(28)18-9-11-23-21(12-18)16(2)17(3)27(23)14-19-6-4-5-7-22(19)25/h4-12H,13-14H2,1-3H3,(H,26,28). The minimum atomic E-state index is -0.212. The summed E-state index contributed by atoms with van der Waals surface area (Å²) in [6, 6.07) is 16.2. The molecule has 0 aliphatic carbocycles. The third kappa shape index (κ3) is 3.68. The van der Waals surface area contributed by atoms with Gasteiger partial charge < -0.3 is 14.3 Å². The molecule has 5 heteroatoms. The second-order valence-corrected chi connectivity index (χ2v) is 7.31. The van der Waals surface area contributed by atoms with Crippen molar-refractivity contribution in [3.05, 3.63) is 94.3 Å². The quantitative estimate of drug-likeness (QED) is 0.504. The van der Waals surface area contributed by atoms with E-state index in [1.54, 1.807) is 12.1 Å². The summed E-state index contributed by atoms with van der Waals surface area (Å²) >= 11 is 0. The molecule has 0 saturated heterocycles. The molecule has 1 amide bonds. The van der Waals surface area contributed by atoms with Crippen LogP contribution in [0.15, 0.2) is 59.0 Å². The topological polar surface area (TPSA) is 47.2 Å². The maximum atomic E-state index is 14.1. The number of halogens is 1. The summed E-state index contributed by atoms with van der Waals surface area (Å²) in [7, 11) is 0. The maximum Gasteiger partial charge on any atom is 0.251 e. The number of nitrogens with one attached hydrogen (secondary N) is 1.